The Labute approximate surface area is 306 Å². The third-order valence-electron chi connectivity index (χ3n) is 10.7. The second-order valence-electron chi connectivity index (χ2n) is 14.4. The summed E-state index contributed by atoms with van der Waals surface area (Å²) < 4.78 is 10.9. The van der Waals surface area contributed by atoms with Gasteiger partial charge in [0.1, 0.15) is 11.6 Å². The molecule has 272 valence electrons. The van der Waals surface area contributed by atoms with E-state index in [4.69, 9.17) is 9.47 Å². The Morgan fingerprint density at radius 3 is 1.37 bits per heavy atom. The summed E-state index contributed by atoms with van der Waals surface area (Å²) in [6, 6.07) is 24.9. The summed E-state index contributed by atoms with van der Waals surface area (Å²) in [4.78, 5) is 30.2. The molecule has 2 aromatic carbocycles. The Morgan fingerprint density at radius 1 is 0.558 bits per heavy atom. The maximum atomic E-state index is 12.8. The van der Waals surface area contributed by atoms with Gasteiger partial charge in [-0.2, -0.15) is 20.4 Å². The van der Waals surface area contributed by atoms with Crippen molar-refractivity contribution >= 4 is 22.9 Å². The molecular formula is C42H50N6O4. The zero-order chi connectivity index (χ0) is 35.5. The highest BCUT2D eigenvalue weighted by Crippen LogP contribution is 2.40. The number of aryl methyl sites for hydroxylation is 2. The molecule has 3 aliphatic rings. The van der Waals surface area contributed by atoms with E-state index in [0.717, 1.165) is 112 Å². The van der Waals surface area contributed by atoms with Crippen LogP contribution >= 0.6 is 0 Å². The number of hydrogen-bond acceptors (Lipinski definition) is 10. The van der Waals surface area contributed by atoms with Crippen LogP contribution in [-0.4, -0.2) is 84.6 Å². The monoisotopic (exact) mass is 702 g/mol. The average Bonchev–Trinajstić information content (AvgIpc) is 3.21. The molecule has 1 aliphatic carbocycles. The van der Waals surface area contributed by atoms with Gasteiger partial charge >= 0.3 is 0 Å². The molecule has 52 heavy (non-hydrogen) atoms. The molecule has 0 radical (unpaired) electrons. The lowest BCUT2D eigenvalue weighted by molar-refractivity contribution is -0.119. The fraction of sp³-hybridized carbons (Fsp3) is 0.476. The minimum Gasteiger partial charge on any atom is -0.378 e. The minimum absolute atomic E-state index is 0.212. The fourth-order valence-corrected chi connectivity index (χ4v) is 7.63. The number of Topliss-reactive ketones (excluding diaryl/α,β-unsaturated/α-hetero) is 2. The molecule has 10 heteroatoms. The maximum Gasteiger partial charge on any atom is 0.137 e. The van der Waals surface area contributed by atoms with Gasteiger partial charge in [-0.1, -0.05) is 30.7 Å². The third kappa shape index (κ3) is 9.86. The smallest absolute Gasteiger partial charge is 0.137 e. The van der Waals surface area contributed by atoms with Crippen molar-refractivity contribution in [3.8, 4) is 0 Å². The highest BCUT2D eigenvalue weighted by Gasteiger charge is 2.27. The minimum atomic E-state index is 0.212. The topological polar surface area (TPSA) is 111 Å². The van der Waals surface area contributed by atoms with Gasteiger partial charge in [0, 0.05) is 75.1 Å². The highest BCUT2D eigenvalue weighted by molar-refractivity contribution is 5.81. The number of morpholine rings is 2. The molecule has 4 heterocycles. The molecule has 2 aliphatic heterocycles. The van der Waals surface area contributed by atoms with Crippen molar-refractivity contribution in [3.63, 3.8) is 0 Å². The zero-order valence-corrected chi connectivity index (χ0v) is 30.1. The van der Waals surface area contributed by atoms with Gasteiger partial charge in [0.15, 0.2) is 0 Å². The molecule has 2 aromatic heterocycles. The number of carbonyl (C=O) groups excluding carboxylic acids is 2. The van der Waals surface area contributed by atoms with Crippen LogP contribution in [0.25, 0.3) is 0 Å². The standard InChI is InChI=1S/C42H50N6O4/c49-39(28-31-4-12-37(13-5-31)47-20-24-51-25-21-47)16-8-35-10-18-41(45-43-35)33-2-1-3-34(30-33)42-19-11-36(44-46-42)9-17-40(50)29-32-6-14-38(15-7-32)48-22-26-52-27-23-48/h4-7,10-15,18-19,33-34H,1-3,8-9,16-17,20-30H2/t33-,34-/m0/s1. The Morgan fingerprint density at radius 2 is 0.981 bits per heavy atom. The molecular weight excluding hydrogens is 652 g/mol. The van der Waals surface area contributed by atoms with E-state index < -0.39 is 0 Å². The SMILES string of the molecule is O=C(CCc1ccc([C@H]2CCC[C@H](c3ccc(CCC(=O)Cc4ccc(N5CCOCC5)cc4)nn3)C2)nn1)Cc1ccc(N2CCOCC2)cc1. The summed E-state index contributed by atoms with van der Waals surface area (Å²) in [6.07, 6.45) is 7.21. The number of nitrogens with zero attached hydrogens (tertiary/aromatic N) is 6. The molecule has 0 unspecified atom stereocenters. The van der Waals surface area contributed by atoms with Crippen LogP contribution in [0, 0.1) is 0 Å². The van der Waals surface area contributed by atoms with Crippen LogP contribution in [0.2, 0.25) is 0 Å². The molecule has 2 saturated heterocycles. The molecule has 0 bridgehead atoms. The molecule has 2 atom stereocenters. The number of benzene rings is 2. The van der Waals surface area contributed by atoms with Crippen molar-refractivity contribution < 1.29 is 19.1 Å². The highest BCUT2D eigenvalue weighted by atomic mass is 16.5. The summed E-state index contributed by atoms with van der Waals surface area (Å²) in [5.41, 5.74) is 8.19. The van der Waals surface area contributed by atoms with E-state index in [0.29, 0.717) is 50.4 Å². The molecule has 10 nitrogen and oxygen atoms in total. The predicted molar refractivity (Wildman–Crippen MR) is 201 cm³/mol. The van der Waals surface area contributed by atoms with Gasteiger partial charge in [0.05, 0.1) is 49.2 Å². The molecule has 3 fully saturated rings. The molecule has 0 N–H and O–H groups in total. The lowest BCUT2D eigenvalue weighted by Gasteiger charge is -2.28. The Hall–Kier alpha value is -4.54. The van der Waals surface area contributed by atoms with Crippen molar-refractivity contribution in [1.82, 2.24) is 20.4 Å². The first kappa shape index (κ1) is 35.8. The van der Waals surface area contributed by atoms with E-state index in [-0.39, 0.29) is 11.6 Å². The lowest BCUT2D eigenvalue weighted by atomic mass is 9.78. The zero-order valence-electron chi connectivity index (χ0n) is 30.1. The summed E-state index contributed by atoms with van der Waals surface area (Å²) in [7, 11) is 0. The van der Waals surface area contributed by atoms with Crippen molar-refractivity contribution in [2.45, 2.75) is 76.0 Å². The Balaban J connectivity index is 0.832. The van der Waals surface area contributed by atoms with Crippen molar-refractivity contribution in [2.75, 3.05) is 62.4 Å². The normalized spacial score (nSPS) is 19.4. The first-order valence-electron chi connectivity index (χ1n) is 19.1. The number of hydrogen-bond donors (Lipinski definition) is 0. The van der Waals surface area contributed by atoms with Gasteiger partial charge in [-0.15, -0.1) is 0 Å². The largest absolute Gasteiger partial charge is 0.378 e. The van der Waals surface area contributed by atoms with Crippen molar-refractivity contribution in [3.05, 3.63) is 107 Å². The Kier molecular flexibility index (Phi) is 12.3. The quantitative estimate of drug-likeness (QED) is 0.158. The molecule has 7 rings (SSSR count). The Bertz CT molecular complexity index is 1610. The van der Waals surface area contributed by atoms with Gasteiger partial charge < -0.3 is 19.3 Å². The summed E-state index contributed by atoms with van der Waals surface area (Å²) >= 11 is 0. The number of aromatic nitrogens is 4. The first-order valence-corrected chi connectivity index (χ1v) is 19.1. The number of anilines is 2. The van der Waals surface area contributed by atoms with Crippen LogP contribution in [0.5, 0.6) is 0 Å². The molecule has 4 aromatic rings. The first-order chi connectivity index (χ1) is 25.6. The molecule has 0 spiro atoms. The number of ketones is 2. The van der Waals surface area contributed by atoms with E-state index in [2.05, 4.69) is 90.9 Å². The van der Waals surface area contributed by atoms with E-state index in [1.807, 2.05) is 12.1 Å². The molecule has 0 amide bonds. The molecule has 1 saturated carbocycles. The van der Waals surface area contributed by atoms with Crippen LogP contribution in [-0.2, 0) is 44.7 Å². The van der Waals surface area contributed by atoms with Gasteiger partial charge in [-0.3, -0.25) is 9.59 Å². The van der Waals surface area contributed by atoms with E-state index in [9.17, 15) is 9.59 Å². The van der Waals surface area contributed by atoms with E-state index in [1.54, 1.807) is 0 Å². The predicted octanol–water partition coefficient (Wildman–Crippen LogP) is 5.87. The van der Waals surface area contributed by atoms with Crippen LogP contribution in [0.1, 0.15) is 84.3 Å². The van der Waals surface area contributed by atoms with Gasteiger partial charge in [0.25, 0.3) is 0 Å². The van der Waals surface area contributed by atoms with Gasteiger partial charge in [0.2, 0.25) is 0 Å². The fourth-order valence-electron chi connectivity index (χ4n) is 7.63. The van der Waals surface area contributed by atoms with Crippen molar-refractivity contribution in [2.24, 2.45) is 0 Å². The average molecular weight is 703 g/mol. The summed E-state index contributed by atoms with van der Waals surface area (Å²) in [5.74, 6) is 1.07. The number of ether oxygens (including phenoxy) is 2. The second-order valence-corrected chi connectivity index (χ2v) is 14.4. The summed E-state index contributed by atoms with van der Waals surface area (Å²) in [6.45, 7) is 6.65. The second kappa shape index (κ2) is 17.8. The summed E-state index contributed by atoms with van der Waals surface area (Å²) in [5, 5.41) is 18.2. The van der Waals surface area contributed by atoms with E-state index in [1.165, 1.54) is 11.4 Å². The third-order valence-corrected chi connectivity index (χ3v) is 10.7. The van der Waals surface area contributed by atoms with E-state index >= 15 is 0 Å². The maximum absolute atomic E-state index is 12.8. The number of carbonyl (C=O) groups is 2. The van der Waals surface area contributed by atoms with Crippen LogP contribution in [0.15, 0.2) is 72.8 Å². The van der Waals surface area contributed by atoms with Crippen LogP contribution in [0.4, 0.5) is 11.4 Å². The van der Waals surface area contributed by atoms with Gasteiger partial charge in [-0.25, -0.2) is 0 Å². The van der Waals surface area contributed by atoms with Gasteiger partial charge in [-0.05, 0) is 91.8 Å². The lowest BCUT2D eigenvalue weighted by Crippen LogP contribution is -2.36. The van der Waals surface area contributed by atoms with Crippen LogP contribution in [0.3, 0.4) is 0 Å². The van der Waals surface area contributed by atoms with Crippen molar-refractivity contribution in [1.29, 1.82) is 0 Å². The number of rotatable bonds is 14. The van der Waals surface area contributed by atoms with Crippen LogP contribution < -0.4 is 9.80 Å².